The van der Waals surface area contributed by atoms with Crippen LogP contribution >= 0.6 is 0 Å². The van der Waals surface area contributed by atoms with Crippen LogP contribution in [0.4, 0.5) is 16.2 Å². The smallest absolute Gasteiger partial charge is 0.329 e. The summed E-state index contributed by atoms with van der Waals surface area (Å²) < 4.78 is 3.06. The standard InChI is InChI=1S/C23H24N6O5/c1-2-27-17-5-3-4-6-18(17)29(23(27)34)14-20(31)26-16-9-7-15(8-10-16)25-19(30)11-12-28-21(32)13-24-22(28)33/h3-10H,2,11-14H2,1H3,(H,24,33)(H,25,30)(H,26,31). The average molecular weight is 464 g/mol. The Morgan fingerprint density at radius 1 is 0.882 bits per heavy atom. The van der Waals surface area contributed by atoms with Gasteiger partial charge in [0.2, 0.25) is 17.7 Å². The van der Waals surface area contributed by atoms with E-state index in [-0.39, 0.29) is 49.5 Å². The fraction of sp³-hybridized carbons (Fsp3) is 0.261. The number of amides is 5. The predicted molar refractivity (Wildman–Crippen MR) is 125 cm³/mol. The molecule has 11 heteroatoms. The van der Waals surface area contributed by atoms with Crippen LogP contribution in [0, 0.1) is 0 Å². The van der Waals surface area contributed by atoms with Gasteiger partial charge in [0.1, 0.15) is 6.54 Å². The minimum absolute atomic E-state index is 0.00154. The summed E-state index contributed by atoms with van der Waals surface area (Å²) in [4.78, 5) is 61.5. The van der Waals surface area contributed by atoms with Crippen LogP contribution in [-0.4, -0.2) is 50.9 Å². The van der Waals surface area contributed by atoms with Gasteiger partial charge in [-0.2, -0.15) is 0 Å². The van der Waals surface area contributed by atoms with Crippen LogP contribution in [0.2, 0.25) is 0 Å². The first-order valence-corrected chi connectivity index (χ1v) is 10.8. The molecule has 1 fully saturated rings. The van der Waals surface area contributed by atoms with Crippen LogP contribution < -0.4 is 21.6 Å². The molecular formula is C23H24N6O5. The molecule has 1 aliphatic heterocycles. The largest absolute Gasteiger partial charge is 0.329 e. The zero-order chi connectivity index (χ0) is 24.2. The summed E-state index contributed by atoms with van der Waals surface area (Å²) in [6.45, 7) is 2.19. The van der Waals surface area contributed by atoms with Crippen molar-refractivity contribution in [3.63, 3.8) is 0 Å². The Kier molecular flexibility index (Phi) is 6.44. The summed E-state index contributed by atoms with van der Waals surface area (Å²) in [5.74, 6) is -1.07. The van der Waals surface area contributed by atoms with Gasteiger partial charge in [-0.05, 0) is 43.3 Å². The number of fused-ring (bicyclic) bond motifs is 1. The molecule has 0 radical (unpaired) electrons. The molecule has 0 aliphatic carbocycles. The number of urea groups is 1. The maximum atomic E-state index is 12.7. The molecule has 176 valence electrons. The van der Waals surface area contributed by atoms with Crippen molar-refractivity contribution in [2.24, 2.45) is 0 Å². The molecule has 11 nitrogen and oxygen atoms in total. The third kappa shape index (κ3) is 4.68. The zero-order valence-electron chi connectivity index (χ0n) is 18.5. The first-order valence-electron chi connectivity index (χ1n) is 10.8. The number of aromatic nitrogens is 2. The van der Waals surface area contributed by atoms with E-state index in [9.17, 15) is 24.0 Å². The average Bonchev–Trinajstić information content (AvgIpc) is 3.28. The van der Waals surface area contributed by atoms with Gasteiger partial charge < -0.3 is 16.0 Å². The number of aryl methyl sites for hydroxylation is 1. The molecule has 34 heavy (non-hydrogen) atoms. The third-order valence-corrected chi connectivity index (χ3v) is 5.50. The summed E-state index contributed by atoms with van der Waals surface area (Å²) in [5, 5.41) is 7.83. The Labute approximate surface area is 194 Å². The number of rotatable bonds is 8. The first-order chi connectivity index (χ1) is 16.4. The fourth-order valence-electron chi connectivity index (χ4n) is 3.83. The molecule has 0 spiro atoms. The minimum Gasteiger partial charge on any atom is -0.329 e. The Morgan fingerprint density at radius 3 is 2.03 bits per heavy atom. The van der Waals surface area contributed by atoms with Crippen molar-refractivity contribution in [2.75, 3.05) is 23.7 Å². The first kappa shape index (κ1) is 22.8. The van der Waals surface area contributed by atoms with Crippen molar-refractivity contribution in [1.82, 2.24) is 19.4 Å². The molecule has 0 unspecified atom stereocenters. The van der Waals surface area contributed by atoms with Crippen molar-refractivity contribution < 1.29 is 19.2 Å². The Balaban J connectivity index is 1.34. The molecule has 3 N–H and O–H groups in total. The zero-order valence-corrected chi connectivity index (χ0v) is 18.5. The molecule has 1 aromatic heterocycles. The number of carbonyl (C=O) groups is 4. The van der Waals surface area contributed by atoms with E-state index in [0.29, 0.717) is 23.4 Å². The quantitative estimate of drug-likeness (QED) is 0.433. The number of nitrogens with one attached hydrogen (secondary N) is 3. The van der Waals surface area contributed by atoms with Crippen molar-refractivity contribution in [1.29, 1.82) is 0 Å². The second-order valence-corrected chi connectivity index (χ2v) is 7.73. The van der Waals surface area contributed by atoms with Crippen molar-refractivity contribution in [2.45, 2.75) is 26.4 Å². The maximum Gasteiger partial charge on any atom is 0.329 e. The SMILES string of the molecule is CCn1c(=O)n(CC(=O)Nc2ccc(NC(=O)CCN3C(=O)CNC3=O)cc2)c2ccccc21. The number of anilines is 2. The van der Waals surface area contributed by atoms with Gasteiger partial charge in [-0.15, -0.1) is 0 Å². The van der Waals surface area contributed by atoms with Crippen LogP contribution in [0.25, 0.3) is 11.0 Å². The van der Waals surface area contributed by atoms with Gasteiger partial charge in [0.05, 0.1) is 17.6 Å². The highest BCUT2D eigenvalue weighted by Gasteiger charge is 2.28. The number of nitrogens with zero attached hydrogens (tertiary/aromatic N) is 3. The van der Waals surface area contributed by atoms with Gasteiger partial charge in [-0.25, -0.2) is 9.59 Å². The van der Waals surface area contributed by atoms with E-state index < -0.39 is 6.03 Å². The van der Waals surface area contributed by atoms with Crippen LogP contribution in [-0.2, 0) is 27.5 Å². The number of para-hydroxylation sites is 2. The van der Waals surface area contributed by atoms with Crippen molar-refractivity contribution in [3.05, 3.63) is 59.0 Å². The highest BCUT2D eigenvalue weighted by molar-refractivity contribution is 6.02. The van der Waals surface area contributed by atoms with E-state index >= 15 is 0 Å². The van der Waals surface area contributed by atoms with Gasteiger partial charge in [-0.1, -0.05) is 12.1 Å². The lowest BCUT2D eigenvalue weighted by molar-refractivity contribution is -0.125. The molecule has 0 saturated carbocycles. The van der Waals surface area contributed by atoms with E-state index in [0.717, 1.165) is 10.4 Å². The molecule has 5 amide bonds. The van der Waals surface area contributed by atoms with E-state index in [2.05, 4.69) is 16.0 Å². The molecule has 1 aliphatic rings. The third-order valence-electron chi connectivity index (χ3n) is 5.50. The highest BCUT2D eigenvalue weighted by atomic mass is 16.2. The Hall–Kier alpha value is -4.41. The second-order valence-electron chi connectivity index (χ2n) is 7.73. The van der Waals surface area contributed by atoms with Crippen LogP contribution in [0.3, 0.4) is 0 Å². The summed E-state index contributed by atoms with van der Waals surface area (Å²) in [6.07, 6.45) is -0.0300. The van der Waals surface area contributed by atoms with Crippen LogP contribution in [0.1, 0.15) is 13.3 Å². The number of imidazole rings is 1. The fourth-order valence-corrected chi connectivity index (χ4v) is 3.83. The normalized spacial score (nSPS) is 13.3. The number of hydrogen-bond acceptors (Lipinski definition) is 5. The monoisotopic (exact) mass is 464 g/mol. The van der Waals surface area contributed by atoms with Crippen molar-refractivity contribution in [3.8, 4) is 0 Å². The van der Waals surface area contributed by atoms with Crippen LogP contribution in [0.5, 0.6) is 0 Å². The molecule has 0 atom stereocenters. The molecule has 4 rings (SSSR count). The number of imide groups is 1. The number of benzene rings is 2. The summed E-state index contributed by atoms with van der Waals surface area (Å²) in [7, 11) is 0. The van der Waals surface area contributed by atoms with Crippen LogP contribution in [0.15, 0.2) is 53.3 Å². The molecule has 0 bridgehead atoms. The summed E-state index contributed by atoms with van der Waals surface area (Å²) >= 11 is 0. The number of carbonyl (C=O) groups excluding carboxylic acids is 4. The maximum absolute atomic E-state index is 12.7. The lowest BCUT2D eigenvalue weighted by Crippen LogP contribution is -2.33. The van der Waals surface area contributed by atoms with Gasteiger partial charge in [0.15, 0.2) is 0 Å². The van der Waals surface area contributed by atoms with Gasteiger partial charge in [0, 0.05) is 30.9 Å². The van der Waals surface area contributed by atoms with E-state index in [1.807, 2.05) is 25.1 Å². The lowest BCUT2D eigenvalue weighted by Gasteiger charge is -2.12. The van der Waals surface area contributed by atoms with Crippen molar-refractivity contribution >= 4 is 46.2 Å². The minimum atomic E-state index is -0.501. The van der Waals surface area contributed by atoms with E-state index in [1.165, 1.54) is 4.57 Å². The lowest BCUT2D eigenvalue weighted by atomic mass is 10.2. The highest BCUT2D eigenvalue weighted by Crippen LogP contribution is 2.16. The van der Waals surface area contributed by atoms with E-state index in [4.69, 9.17) is 0 Å². The van der Waals surface area contributed by atoms with Gasteiger partial charge in [0.25, 0.3) is 0 Å². The molecule has 3 aromatic rings. The Bertz CT molecular complexity index is 1310. The molecule has 1 saturated heterocycles. The summed E-state index contributed by atoms with van der Waals surface area (Å²) in [5.41, 5.74) is 2.23. The van der Waals surface area contributed by atoms with E-state index in [1.54, 1.807) is 34.9 Å². The molecule has 2 aromatic carbocycles. The van der Waals surface area contributed by atoms with Gasteiger partial charge in [-0.3, -0.25) is 28.4 Å². The number of hydrogen-bond donors (Lipinski definition) is 3. The predicted octanol–water partition coefficient (Wildman–Crippen LogP) is 1.34. The van der Waals surface area contributed by atoms with Gasteiger partial charge >= 0.3 is 11.7 Å². The Morgan fingerprint density at radius 2 is 1.47 bits per heavy atom. The second kappa shape index (κ2) is 9.61. The molecular weight excluding hydrogens is 440 g/mol. The topological polar surface area (TPSA) is 135 Å². The summed E-state index contributed by atoms with van der Waals surface area (Å²) in [6, 6.07) is 13.3. The molecule has 2 heterocycles.